The van der Waals surface area contributed by atoms with Crippen molar-refractivity contribution in [1.29, 1.82) is 0 Å². The average molecular weight is 343 g/mol. The fourth-order valence-electron chi connectivity index (χ4n) is 1.37. The lowest BCUT2D eigenvalue weighted by Crippen LogP contribution is -2.14. The Labute approximate surface area is 119 Å². The van der Waals surface area contributed by atoms with E-state index >= 15 is 0 Å². The van der Waals surface area contributed by atoms with E-state index in [1.54, 1.807) is 12.1 Å². The molecule has 2 aromatic rings. The van der Waals surface area contributed by atoms with Crippen molar-refractivity contribution >= 4 is 31.8 Å². The third-order valence-corrected chi connectivity index (χ3v) is 4.11. The van der Waals surface area contributed by atoms with Crippen molar-refractivity contribution in [3.05, 3.63) is 46.8 Å². The van der Waals surface area contributed by atoms with Gasteiger partial charge >= 0.3 is 0 Å². The van der Waals surface area contributed by atoms with Crippen LogP contribution in [0.3, 0.4) is 0 Å². The second-order valence-electron chi connectivity index (χ2n) is 3.68. The number of benzene rings is 1. The molecule has 0 aliphatic rings. The zero-order valence-corrected chi connectivity index (χ0v) is 12.1. The lowest BCUT2D eigenvalue weighted by molar-refractivity contribution is 0.601. The summed E-state index contributed by atoms with van der Waals surface area (Å²) in [6, 6.07) is 6.33. The molecule has 0 aliphatic carbocycles. The van der Waals surface area contributed by atoms with Gasteiger partial charge in [-0.25, -0.2) is 18.4 Å². The van der Waals surface area contributed by atoms with Crippen LogP contribution in [0.25, 0.3) is 0 Å². The van der Waals surface area contributed by atoms with Crippen LogP contribution in [0.4, 0.5) is 5.82 Å². The fraction of sp³-hybridized carbons (Fsp3) is 0.0909. The van der Waals surface area contributed by atoms with Crippen LogP contribution in [0.1, 0.15) is 5.56 Å². The van der Waals surface area contributed by atoms with Gasteiger partial charge < -0.3 is 5.73 Å². The highest BCUT2D eigenvalue weighted by atomic mass is 79.9. The van der Waals surface area contributed by atoms with Crippen LogP contribution in [-0.2, 0) is 16.6 Å². The molecule has 0 aliphatic heterocycles. The Morgan fingerprint density at radius 2 is 1.84 bits per heavy atom. The largest absolute Gasteiger partial charge is 0.326 e. The van der Waals surface area contributed by atoms with Crippen molar-refractivity contribution < 1.29 is 8.42 Å². The molecule has 3 N–H and O–H groups in total. The molecular formula is C11H11BrN4O2S. The first kappa shape index (κ1) is 13.9. The average Bonchev–Trinajstić information content (AvgIpc) is 2.41. The number of hydrogen-bond acceptors (Lipinski definition) is 5. The predicted octanol–water partition coefficient (Wildman–Crippen LogP) is 1.50. The topological polar surface area (TPSA) is 98.0 Å². The first-order valence-electron chi connectivity index (χ1n) is 5.30. The quantitative estimate of drug-likeness (QED) is 0.877. The van der Waals surface area contributed by atoms with E-state index in [4.69, 9.17) is 5.73 Å². The lowest BCUT2D eigenvalue weighted by atomic mass is 10.2. The Kier molecular flexibility index (Phi) is 4.13. The van der Waals surface area contributed by atoms with E-state index in [1.807, 2.05) is 0 Å². The minimum atomic E-state index is -3.66. The summed E-state index contributed by atoms with van der Waals surface area (Å²) < 4.78 is 27.0. The summed E-state index contributed by atoms with van der Waals surface area (Å²) in [5.74, 6) is 0.158. The summed E-state index contributed by atoms with van der Waals surface area (Å²) in [6.07, 6.45) is 2.74. The smallest absolute Gasteiger partial charge is 0.263 e. The molecular weight excluding hydrogens is 332 g/mol. The molecule has 0 atom stereocenters. The second-order valence-corrected chi connectivity index (χ2v) is 6.17. The van der Waals surface area contributed by atoms with Gasteiger partial charge in [-0.15, -0.1) is 0 Å². The molecule has 0 bridgehead atoms. The number of nitrogens with one attached hydrogen (secondary N) is 1. The van der Waals surface area contributed by atoms with Crippen molar-refractivity contribution in [3.63, 3.8) is 0 Å². The Balaban J connectivity index is 2.24. The van der Waals surface area contributed by atoms with Gasteiger partial charge in [0.05, 0.1) is 17.3 Å². The molecule has 0 radical (unpaired) electrons. The number of rotatable bonds is 4. The Bertz CT molecular complexity index is 656. The van der Waals surface area contributed by atoms with Crippen molar-refractivity contribution in [1.82, 2.24) is 9.97 Å². The number of hydrogen-bond donors (Lipinski definition) is 2. The minimum absolute atomic E-state index is 0.148. The minimum Gasteiger partial charge on any atom is -0.326 e. The maximum Gasteiger partial charge on any atom is 0.263 e. The van der Waals surface area contributed by atoms with Gasteiger partial charge in [0.2, 0.25) is 0 Å². The lowest BCUT2D eigenvalue weighted by Gasteiger charge is -2.07. The monoisotopic (exact) mass is 342 g/mol. The van der Waals surface area contributed by atoms with Crippen LogP contribution < -0.4 is 10.5 Å². The molecule has 6 nitrogen and oxygen atoms in total. The Morgan fingerprint density at radius 1 is 1.16 bits per heavy atom. The molecule has 0 amide bonds. The summed E-state index contributed by atoms with van der Waals surface area (Å²) in [5.41, 5.74) is 6.32. The molecule has 1 aromatic heterocycles. The van der Waals surface area contributed by atoms with Crippen molar-refractivity contribution in [2.24, 2.45) is 5.73 Å². The number of sulfonamides is 1. The predicted molar refractivity (Wildman–Crippen MR) is 74.9 cm³/mol. The van der Waals surface area contributed by atoms with Gasteiger partial charge in [0.15, 0.2) is 5.82 Å². The van der Waals surface area contributed by atoms with Crippen molar-refractivity contribution in [2.45, 2.75) is 11.4 Å². The molecule has 100 valence electrons. The third kappa shape index (κ3) is 3.49. The number of nitrogens with two attached hydrogens (primary N) is 1. The van der Waals surface area contributed by atoms with Crippen molar-refractivity contribution in [3.8, 4) is 0 Å². The number of halogens is 1. The molecule has 0 unspecified atom stereocenters. The molecule has 8 heteroatoms. The highest BCUT2D eigenvalue weighted by molar-refractivity contribution is 9.10. The molecule has 1 aromatic carbocycles. The molecule has 19 heavy (non-hydrogen) atoms. The molecule has 1 heterocycles. The van der Waals surface area contributed by atoms with Crippen molar-refractivity contribution in [2.75, 3.05) is 4.72 Å². The van der Waals surface area contributed by atoms with Gasteiger partial charge in [-0.05, 0) is 33.6 Å². The molecule has 0 saturated heterocycles. The fourth-order valence-corrected chi connectivity index (χ4v) is 2.56. The van der Waals surface area contributed by atoms with Gasteiger partial charge in [0, 0.05) is 6.54 Å². The zero-order chi connectivity index (χ0) is 13.9. The third-order valence-electron chi connectivity index (χ3n) is 2.33. The number of nitrogens with zero attached hydrogens (tertiary/aromatic N) is 2. The van der Waals surface area contributed by atoms with E-state index in [1.165, 1.54) is 24.5 Å². The first-order chi connectivity index (χ1) is 9.01. The normalized spacial score (nSPS) is 11.3. The maximum absolute atomic E-state index is 12.1. The van der Waals surface area contributed by atoms with Crippen LogP contribution in [0.2, 0.25) is 0 Å². The van der Waals surface area contributed by atoms with Gasteiger partial charge in [-0.1, -0.05) is 12.1 Å². The van der Waals surface area contributed by atoms with Crippen LogP contribution in [0, 0.1) is 0 Å². The van der Waals surface area contributed by atoms with E-state index in [0.717, 1.165) is 5.56 Å². The zero-order valence-electron chi connectivity index (χ0n) is 9.75. The second kappa shape index (κ2) is 5.64. The van der Waals surface area contributed by atoms with Gasteiger partial charge in [0.25, 0.3) is 10.0 Å². The van der Waals surface area contributed by atoms with Gasteiger partial charge in [-0.3, -0.25) is 4.72 Å². The summed E-state index contributed by atoms with van der Waals surface area (Å²) in [6.45, 7) is 0.367. The van der Waals surface area contributed by atoms with Crippen LogP contribution in [-0.4, -0.2) is 18.4 Å². The first-order valence-corrected chi connectivity index (χ1v) is 7.58. The SMILES string of the molecule is NCc1ccc(S(=O)(=O)Nc2cnc(Br)cn2)cc1. The summed E-state index contributed by atoms with van der Waals surface area (Å²) in [4.78, 5) is 7.95. The molecule has 0 spiro atoms. The summed E-state index contributed by atoms with van der Waals surface area (Å²) in [5, 5.41) is 0. The van der Waals surface area contributed by atoms with Gasteiger partial charge in [0.1, 0.15) is 4.60 Å². The standard InChI is InChI=1S/C11H11BrN4O2S/c12-10-6-15-11(7-14-10)16-19(17,18)9-3-1-8(5-13)2-4-9/h1-4,6-7H,5,13H2,(H,15,16). The summed E-state index contributed by atoms with van der Waals surface area (Å²) in [7, 11) is -3.66. The van der Waals surface area contributed by atoms with E-state index in [0.29, 0.717) is 11.1 Å². The van der Waals surface area contributed by atoms with E-state index in [-0.39, 0.29) is 10.7 Å². The number of aromatic nitrogens is 2. The van der Waals surface area contributed by atoms with Crippen LogP contribution in [0.15, 0.2) is 46.2 Å². The summed E-state index contributed by atoms with van der Waals surface area (Å²) >= 11 is 3.12. The molecule has 0 fully saturated rings. The maximum atomic E-state index is 12.1. The molecule has 0 saturated carbocycles. The highest BCUT2D eigenvalue weighted by Crippen LogP contribution is 2.15. The number of anilines is 1. The van der Waals surface area contributed by atoms with Crippen LogP contribution >= 0.6 is 15.9 Å². The Morgan fingerprint density at radius 3 is 2.37 bits per heavy atom. The van der Waals surface area contributed by atoms with E-state index < -0.39 is 10.0 Å². The van der Waals surface area contributed by atoms with E-state index in [9.17, 15) is 8.42 Å². The highest BCUT2D eigenvalue weighted by Gasteiger charge is 2.14. The molecule has 2 rings (SSSR count). The Hall–Kier alpha value is -1.51. The van der Waals surface area contributed by atoms with Crippen LogP contribution in [0.5, 0.6) is 0 Å². The van der Waals surface area contributed by atoms with E-state index in [2.05, 4.69) is 30.6 Å². The van der Waals surface area contributed by atoms with Gasteiger partial charge in [-0.2, -0.15) is 0 Å².